The number of carbonyl (C=O) groups is 1. The van der Waals surface area contributed by atoms with Gasteiger partial charge in [0, 0.05) is 15.7 Å². The average Bonchev–Trinajstić information content (AvgIpc) is 2.40. The van der Waals surface area contributed by atoms with Crippen molar-refractivity contribution in [2.45, 2.75) is 6.92 Å². The van der Waals surface area contributed by atoms with Crippen molar-refractivity contribution in [1.82, 2.24) is 0 Å². The predicted octanol–water partition coefficient (Wildman–Crippen LogP) is 2.89. The van der Waals surface area contributed by atoms with Gasteiger partial charge in [0.2, 0.25) is 0 Å². The lowest BCUT2D eigenvalue weighted by molar-refractivity contribution is 0.101. The smallest absolute Gasteiger partial charge is 0.163 e. The van der Waals surface area contributed by atoms with Crippen LogP contribution in [0.25, 0.3) is 0 Å². The van der Waals surface area contributed by atoms with E-state index in [1.165, 1.54) is 6.92 Å². The molecule has 0 unspecified atom stereocenters. The van der Waals surface area contributed by atoms with E-state index >= 15 is 0 Å². The molecule has 0 saturated heterocycles. The molecule has 0 amide bonds. The molecule has 1 aromatic rings. The minimum Gasteiger partial charge on any atom is -0.345 e. The number of benzene rings is 1. The van der Waals surface area contributed by atoms with Crippen molar-refractivity contribution in [2.24, 2.45) is 0 Å². The quantitative estimate of drug-likeness (QED) is 0.682. The summed E-state index contributed by atoms with van der Waals surface area (Å²) in [6.45, 7) is 1.39. The van der Waals surface area contributed by atoms with Gasteiger partial charge in [-0.3, -0.25) is 4.79 Å². The Labute approximate surface area is 118 Å². The Hall–Kier alpha value is -2.62. The molecule has 0 saturated carbocycles. The van der Waals surface area contributed by atoms with Crippen LogP contribution in [0.4, 0.5) is 5.69 Å². The van der Waals surface area contributed by atoms with E-state index in [9.17, 15) is 4.79 Å². The van der Waals surface area contributed by atoms with Crippen LogP contribution in [0, 0.1) is 34.0 Å². The van der Waals surface area contributed by atoms with Crippen LogP contribution in [-0.4, -0.2) is 5.78 Å². The number of Topliss-reactive ketones (excluding diaryl/α,β-unsaturated/α-hetero) is 1. The first-order valence-electron chi connectivity index (χ1n) is 5.05. The van der Waals surface area contributed by atoms with Crippen molar-refractivity contribution in [3.8, 4) is 18.2 Å². The normalized spacial score (nSPS) is 8.58. The number of hydrogen-bond acceptors (Lipinski definition) is 5. The number of rotatable bonds is 3. The molecule has 6 heteroatoms. The number of carbonyl (C=O) groups excluding carboxylic acids is 1. The summed E-state index contributed by atoms with van der Waals surface area (Å²) in [5.74, 6) is -0.198. The summed E-state index contributed by atoms with van der Waals surface area (Å²) >= 11 is 3.24. The molecule has 0 heterocycles. The summed E-state index contributed by atoms with van der Waals surface area (Å²) in [7, 11) is 0. The monoisotopic (exact) mass is 314 g/mol. The second-order valence-electron chi connectivity index (χ2n) is 3.46. The first-order chi connectivity index (χ1) is 9.03. The molecule has 0 fully saturated rings. The molecule has 0 aliphatic carbocycles. The van der Waals surface area contributed by atoms with Gasteiger partial charge in [-0.05, 0) is 25.1 Å². The summed E-state index contributed by atoms with van der Waals surface area (Å²) in [4.78, 5) is 11.5. The van der Waals surface area contributed by atoms with E-state index in [2.05, 4.69) is 21.2 Å². The maximum Gasteiger partial charge on any atom is 0.163 e. The highest BCUT2D eigenvalue weighted by atomic mass is 79.9. The topological polar surface area (TPSA) is 100 Å². The van der Waals surface area contributed by atoms with E-state index in [1.54, 1.807) is 36.4 Å². The van der Waals surface area contributed by atoms with Gasteiger partial charge in [0.1, 0.15) is 23.9 Å². The lowest BCUT2D eigenvalue weighted by Gasteiger charge is -2.09. The second kappa shape index (κ2) is 6.35. The fourth-order valence-electron chi connectivity index (χ4n) is 1.33. The van der Waals surface area contributed by atoms with Crippen LogP contribution >= 0.6 is 15.9 Å². The number of nitrogens with zero attached hydrogens (tertiary/aromatic N) is 3. The van der Waals surface area contributed by atoms with E-state index in [0.29, 0.717) is 15.7 Å². The number of allylic oxidation sites excluding steroid dienone is 2. The molecule has 0 aliphatic heterocycles. The van der Waals surface area contributed by atoms with Gasteiger partial charge in [-0.15, -0.1) is 0 Å². The molecule has 0 radical (unpaired) electrons. The van der Waals surface area contributed by atoms with Crippen LogP contribution < -0.4 is 5.32 Å². The van der Waals surface area contributed by atoms with Crippen molar-refractivity contribution in [2.75, 3.05) is 5.32 Å². The van der Waals surface area contributed by atoms with Crippen molar-refractivity contribution < 1.29 is 4.79 Å². The fourth-order valence-corrected chi connectivity index (χ4v) is 1.70. The lowest BCUT2D eigenvalue weighted by atomic mass is 10.1. The molecular formula is C13H7BrN4O. The summed E-state index contributed by atoms with van der Waals surface area (Å²) in [5, 5.41) is 29.0. The Morgan fingerprint density at radius 2 is 1.84 bits per heavy atom. The minimum atomic E-state index is -0.333. The molecular weight excluding hydrogens is 308 g/mol. The molecule has 0 bridgehead atoms. The number of nitrogens with one attached hydrogen (secondary N) is 1. The Kier molecular flexibility index (Phi) is 4.83. The van der Waals surface area contributed by atoms with Crippen LogP contribution in [-0.2, 0) is 0 Å². The maximum atomic E-state index is 11.5. The summed E-state index contributed by atoms with van der Waals surface area (Å²) < 4.78 is 0.714. The van der Waals surface area contributed by atoms with Crippen molar-refractivity contribution >= 4 is 27.4 Å². The third-order valence-corrected chi connectivity index (χ3v) is 2.70. The molecule has 0 aliphatic rings. The minimum absolute atomic E-state index is 0.185. The zero-order chi connectivity index (χ0) is 14.4. The van der Waals surface area contributed by atoms with E-state index < -0.39 is 0 Å². The van der Waals surface area contributed by atoms with Gasteiger partial charge in [0.15, 0.2) is 11.4 Å². The zero-order valence-corrected chi connectivity index (χ0v) is 11.4. The number of ketones is 1. The molecule has 0 atom stereocenters. The first-order valence-corrected chi connectivity index (χ1v) is 5.84. The van der Waals surface area contributed by atoms with Crippen LogP contribution in [0.5, 0.6) is 0 Å². The summed E-state index contributed by atoms with van der Waals surface area (Å²) in [6, 6.07) is 9.84. The predicted molar refractivity (Wildman–Crippen MR) is 71.6 cm³/mol. The Morgan fingerprint density at radius 3 is 2.32 bits per heavy atom. The van der Waals surface area contributed by atoms with Gasteiger partial charge in [-0.2, -0.15) is 15.8 Å². The van der Waals surface area contributed by atoms with Crippen molar-refractivity contribution in [3.05, 3.63) is 39.5 Å². The Balaban J connectivity index is 3.32. The maximum absolute atomic E-state index is 11.5. The van der Waals surface area contributed by atoms with Gasteiger partial charge in [-0.25, -0.2) is 0 Å². The number of nitriles is 3. The fraction of sp³-hybridized carbons (Fsp3) is 0.0769. The SMILES string of the molecule is CC(=O)c1cc(Br)ccc1NC(C#N)=C(C#N)C#N. The molecule has 92 valence electrons. The van der Waals surface area contributed by atoms with Crippen molar-refractivity contribution in [1.29, 1.82) is 15.8 Å². The summed E-state index contributed by atoms with van der Waals surface area (Å²) in [6.07, 6.45) is 0. The highest BCUT2D eigenvalue weighted by Crippen LogP contribution is 2.23. The van der Waals surface area contributed by atoms with Gasteiger partial charge in [0.05, 0.1) is 0 Å². The first kappa shape index (κ1) is 14.4. The van der Waals surface area contributed by atoms with Crippen molar-refractivity contribution in [3.63, 3.8) is 0 Å². The van der Waals surface area contributed by atoms with E-state index in [0.717, 1.165) is 0 Å². The van der Waals surface area contributed by atoms with Crippen LogP contribution in [0.1, 0.15) is 17.3 Å². The van der Waals surface area contributed by atoms with Gasteiger partial charge >= 0.3 is 0 Å². The lowest BCUT2D eigenvalue weighted by Crippen LogP contribution is -2.05. The standard InChI is InChI=1S/C13H7BrN4O/c1-8(19)11-4-10(14)2-3-12(11)18-13(7-17)9(5-15)6-16/h2-4,18H,1H3. The van der Waals surface area contributed by atoms with Crippen LogP contribution in [0.3, 0.4) is 0 Å². The van der Waals surface area contributed by atoms with E-state index in [1.807, 2.05) is 0 Å². The van der Waals surface area contributed by atoms with Gasteiger partial charge in [0.25, 0.3) is 0 Å². The average molecular weight is 315 g/mol. The van der Waals surface area contributed by atoms with Gasteiger partial charge < -0.3 is 5.32 Å². The molecule has 1 N–H and O–H groups in total. The number of halogens is 1. The third kappa shape index (κ3) is 3.42. The molecule has 1 rings (SSSR count). The number of hydrogen-bond donors (Lipinski definition) is 1. The number of anilines is 1. The van der Waals surface area contributed by atoms with Gasteiger partial charge in [-0.1, -0.05) is 15.9 Å². The molecule has 1 aromatic carbocycles. The molecule has 0 aromatic heterocycles. The largest absolute Gasteiger partial charge is 0.345 e. The van der Waals surface area contributed by atoms with E-state index in [-0.39, 0.29) is 17.1 Å². The summed E-state index contributed by atoms with van der Waals surface area (Å²) in [5.41, 5.74) is 0.211. The Bertz CT molecular complexity index is 670. The third-order valence-electron chi connectivity index (χ3n) is 2.21. The molecule has 5 nitrogen and oxygen atoms in total. The van der Waals surface area contributed by atoms with E-state index in [4.69, 9.17) is 15.8 Å². The highest BCUT2D eigenvalue weighted by molar-refractivity contribution is 9.10. The zero-order valence-electron chi connectivity index (χ0n) is 9.86. The molecule has 19 heavy (non-hydrogen) atoms. The second-order valence-corrected chi connectivity index (χ2v) is 4.37. The highest BCUT2D eigenvalue weighted by Gasteiger charge is 2.12. The van der Waals surface area contributed by atoms with Crippen LogP contribution in [0.15, 0.2) is 33.9 Å². The molecule has 0 spiro atoms. The van der Waals surface area contributed by atoms with Crippen LogP contribution in [0.2, 0.25) is 0 Å². The Morgan fingerprint density at radius 1 is 1.21 bits per heavy atom.